The summed E-state index contributed by atoms with van der Waals surface area (Å²) in [5, 5.41) is 3.10. The van der Waals surface area contributed by atoms with Crippen LogP contribution in [0.2, 0.25) is 0 Å². The lowest BCUT2D eigenvalue weighted by Crippen LogP contribution is -2.17. The third-order valence-corrected chi connectivity index (χ3v) is 2.58. The van der Waals surface area contributed by atoms with E-state index in [-0.39, 0.29) is 11.9 Å². The van der Waals surface area contributed by atoms with Gasteiger partial charge in [0.25, 0.3) is 0 Å². The number of halogens is 2. The molecule has 2 nitrogen and oxygen atoms in total. The fraction of sp³-hybridized carbons (Fsp3) is 0.455. The van der Waals surface area contributed by atoms with Gasteiger partial charge >= 0.3 is 0 Å². The molecule has 0 aliphatic heterocycles. The van der Waals surface area contributed by atoms with Gasteiger partial charge in [-0.1, -0.05) is 15.9 Å². The zero-order valence-electron chi connectivity index (χ0n) is 8.89. The van der Waals surface area contributed by atoms with E-state index in [0.717, 1.165) is 10.9 Å². The first-order valence-corrected chi connectivity index (χ1v) is 5.63. The molecule has 0 saturated carbocycles. The van der Waals surface area contributed by atoms with E-state index in [2.05, 4.69) is 21.2 Å². The van der Waals surface area contributed by atoms with E-state index < -0.39 is 0 Å². The third-order valence-electron chi connectivity index (χ3n) is 2.09. The Balaban J connectivity index is 2.59. The van der Waals surface area contributed by atoms with Crippen LogP contribution in [0.3, 0.4) is 0 Å². The van der Waals surface area contributed by atoms with Crippen molar-refractivity contribution in [3.63, 3.8) is 0 Å². The van der Waals surface area contributed by atoms with Crippen molar-refractivity contribution in [2.75, 3.05) is 19.0 Å². The molecule has 1 atom stereocenters. The first-order valence-electron chi connectivity index (χ1n) is 4.84. The van der Waals surface area contributed by atoms with E-state index in [9.17, 15) is 4.39 Å². The normalized spacial score (nSPS) is 12.5. The van der Waals surface area contributed by atoms with Crippen LogP contribution < -0.4 is 5.32 Å². The third kappa shape index (κ3) is 4.18. The minimum atomic E-state index is -0.234. The monoisotopic (exact) mass is 275 g/mol. The van der Waals surface area contributed by atoms with Gasteiger partial charge in [-0.15, -0.1) is 0 Å². The lowest BCUT2D eigenvalue weighted by molar-refractivity contribution is 0.191. The van der Waals surface area contributed by atoms with E-state index in [4.69, 9.17) is 4.74 Å². The Labute approximate surface area is 98.0 Å². The average molecular weight is 276 g/mol. The Hall–Kier alpha value is -0.610. The zero-order valence-corrected chi connectivity index (χ0v) is 10.5. The lowest BCUT2D eigenvalue weighted by Gasteiger charge is -2.15. The number of rotatable bonds is 5. The van der Waals surface area contributed by atoms with Crippen LogP contribution in [0.4, 0.5) is 10.1 Å². The highest BCUT2D eigenvalue weighted by Crippen LogP contribution is 2.21. The standard InChI is InChI=1S/C11H15BrFNO/c1-8(5-6-15-2)14-11-7-9(12)3-4-10(11)13/h3-4,7-8,14H,5-6H2,1-2H3. The maximum absolute atomic E-state index is 13.3. The van der Waals surface area contributed by atoms with Crippen molar-refractivity contribution in [3.8, 4) is 0 Å². The molecular formula is C11H15BrFNO. The second-order valence-electron chi connectivity index (χ2n) is 3.45. The summed E-state index contributed by atoms with van der Waals surface area (Å²) >= 11 is 3.31. The first kappa shape index (κ1) is 12.5. The Morgan fingerprint density at radius 1 is 1.53 bits per heavy atom. The Morgan fingerprint density at radius 3 is 2.93 bits per heavy atom. The molecule has 84 valence electrons. The molecule has 0 aromatic heterocycles. The number of hydrogen-bond donors (Lipinski definition) is 1. The van der Waals surface area contributed by atoms with Crippen LogP contribution in [0.5, 0.6) is 0 Å². The highest BCUT2D eigenvalue weighted by molar-refractivity contribution is 9.10. The molecule has 1 N–H and O–H groups in total. The molecule has 0 heterocycles. The molecule has 0 bridgehead atoms. The lowest BCUT2D eigenvalue weighted by atomic mass is 10.2. The summed E-state index contributed by atoms with van der Waals surface area (Å²) in [6.07, 6.45) is 0.850. The van der Waals surface area contributed by atoms with E-state index >= 15 is 0 Å². The number of benzene rings is 1. The van der Waals surface area contributed by atoms with Gasteiger partial charge in [-0.2, -0.15) is 0 Å². The molecule has 0 saturated heterocycles. The summed E-state index contributed by atoms with van der Waals surface area (Å²) in [6, 6.07) is 5.04. The van der Waals surface area contributed by atoms with Crippen molar-refractivity contribution in [1.29, 1.82) is 0 Å². The van der Waals surface area contributed by atoms with Crippen molar-refractivity contribution < 1.29 is 9.13 Å². The van der Waals surface area contributed by atoms with Gasteiger partial charge in [0.15, 0.2) is 0 Å². The summed E-state index contributed by atoms with van der Waals surface area (Å²) in [6.45, 7) is 2.67. The maximum atomic E-state index is 13.3. The van der Waals surface area contributed by atoms with Crippen LogP contribution >= 0.6 is 15.9 Å². The molecule has 0 aliphatic carbocycles. The van der Waals surface area contributed by atoms with Crippen molar-refractivity contribution in [3.05, 3.63) is 28.5 Å². The van der Waals surface area contributed by atoms with Gasteiger partial charge in [-0.25, -0.2) is 4.39 Å². The highest BCUT2D eigenvalue weighted by atomic mass is 79.9. The summed E-state index contributed by atoms with van der Waals surface area (Å²) in [7, 11) is 1.66. The molecule has 0 amide bonds. The van der Waals surface area contributed by atoms with Crippen molar-refractivity contribution in [2.45, 2.75) is 19.4 Å². The zero-order chi connectivity index (χ0) is 11.3. The van der Waals surface area contributed by atoms with Crippen molar-refractivity contribution in [2.24, 2.45) is 0 Å². The largest absolute Gasteiger partial charge is 0.385 e. The molecule has 0 aliphatic rings. The maximum Gasteiger partial charge on any atom is 0.146 e. The molecule has 15 heavy (non-hydrogen) atoms. The van der Waals surface area contributed by atoms with Gasteiger partial charge in [0.05, 0.1) is 5.69 Å². The molecule has 1 aromatic carbocycles. The molecule has 4 heteroatoms. The van der Waals surface area contributed by atoms with E-state index in [1.165, 1.54) is 6.07 Å². The Kier molecular flexibility index (Phi) is 5.05. The van der Waals surface area contributed by atoms with Gasteiger partial charge < -0.3 is 10.1 Å². The molecular weight excluding hydrogens is 261 g/mol. The summed E-state index contributed by atoms with van der Waals surface area (Å²) in [4.78, 5) is 0. The number of methoxy groups -OCH3 is 1. The summed E-state index contributed by atoms with van der Waals surface area (Å²) < 4.78 is 19.2. The molecule has 1 unspecified atom stereocenters. The van der Waals surface area contributed by atoms with Gasteiger partial charge in [-0.3, -0.25) is 0 Å². The minimum Gasteiger partial charge on any atom is -0.385 e. The van der Waals surface area contributed by atoms with Crippen molar-refractivity contribution >= 4 is 21.6 Å². The van der Waals surface area contributed by atoms with Gasteiger partial charge in [0, 0.05) is 24.2 Å². The van der Waals surface area contributed by atoms with Crippen LogP contribution in [-0.4, -0.2) is 19.8 Å². The molecule has 1 rings (SSSR count). The average Bonchev–Trinajstić information content (AvgIpc) is 2.20. The van der Waals surface area contributed by atoms with Crippen LogP contribution in [0.15, 0.2) is 22.7 Å². The number of nitrogens with one attached hydrogen (secondary N) is 1. The summed E-state index contributed by atoms with van der Waals surface area (Å²) in [5.74, 6) is -0.234. The van der Waals surface area contributed by atoms with Crippen LogP contribution in [0.1, 0.15) is 13.3 Å². The number of anilines is 1. The summed E-state index contributed by atoms with van der Waals surface area (Å²) in [5.41, 5.74) is 0.521. The predicted octanol–water partition coefficient (Wildman–Crippen LogP) is 3.43. The Morgan fingerprint density at radius 2 is 2.27 bits per heavy atom. The van der Waals surface area contributed by atoms with E-state index in [1.54, 1.807) is 19.2 Å². The SMILES string of the molecule is COCCC(C)Nc1cc(Br)ccc1F. The van der Waals surface area contributed by atoms with Crippen LogP contribution in [0, 0.1) is 5.82 Å². The minimum absolute atomic E-state index is 0.189. The molecule has 0 spiro atoms. The predicted molar refractivity (Wildman–Crippen MR) is 63.7 cm³/mol. The fourth-order valence-corrected chi connectivity index (χ4v) is 1.60. The van der Waals surface area contributed by atoms with E-state index in [0.29, 0.717) is 12.3 Å². The van der Waals surface area contributed by atoms with Gasteiger partial charge in [-0.05, 0) is 31.5 Å². The van der Waals surface area contributed by atoms with Crippen LogP contribution in [0.25, 0.3) is 0 Å². The number of hydrogen-bond acceptors (Lipinski definition) is 2. The Bertz CT molecular complexity index is 319. The van der Waals surface area contributed by atoms with Gasteiger partial charge in [0.1, 0.15) is 5.82 Å². The quantitative estimate of drug-likeness (QED) is 0.889. The molecule has 1 aromatic rings. The van der Waals surface area contributed by atoms with E-state index in [1.807, 2.05) is 6.92 Å². The second kappa shape index (κ2) is 6.08. The highest BCUT2D eigenvalue weighted by Gasteiger charge is 2.06. The first-order chi connectivity index (χ1) is 7.13. The van der Waals surface area contributed by atoms with Crippen LogP contribution in [-0.2, 0) is 4.74 Å². The molecule has 0 radical (unpaired) electrons. The second-order valence-corrected chi connectivity index (χ2v) is 4.37. The number of ether oxygens (including phenoxy) is 1. The topological polar surface area (TPSA) is 21.3 Å². The van der Waals surface area contributed by atoms with Gasteiger partial charge in [0.2, 0.25) is 0 Å². The van der Waals surface area contributed by atoms with Crippen molar-refractivity contribution in [1.82, 2.24) is 0 Å². The smallest absolute Gasteiger partial charge is 0.146 e. The fourth-order valence-electron chi connectivity index (χ4n) is 1.24. The molecule has 0 fully saturated rings.